The summed E-state index contributed by atoms with van der Waals surface area (Å²) in [5.41, 5.74) is -0.108. The maximum absolute atomic E-state index is 13.3. The Labute approximate surface area is 163 Å². The average molecular weight is 402 g/mol. The number of anilines is 1. The van der Waals surface area contributed by atoms with Crippen molar-refractivity contribution in [3.05, 3.63) is 64.0 Å². The molecule has 0 saturated heterocycles. The summed E-state index contributed by atoms with van der Waals surface area (Å²) in [4.78, 5) is 33.9. The molecule has 29 heavy (non-hydrogen) atoms. The third-order valence-corrected chi connectivity index (χ3v) is 3.88. The van der Waals surface area contributed by atoms with E-state index in [1.54, 1.807) is 18.2 Å². The highest BCUT2D eigenvalue weighted by Gasteiger charge is 2.20. The Hall–Kier alpha value is -3.95. The molecule has 0 aliphatic carbocycles. The molecule has 1 N–H and O–H groups in total. The summed E-state index contributed by atoms with van der Waals surface area (Å²) in [6.45, 7) is 1.47. The average Bonchev–Trinajstić information content (AvgIpc) is 3.15. The highest BCUT2D eigenvalue weighted by molar-refractivity contribution is 5.96. The van der Waals surface area contributed by atoms with Gasteiger partial charge >= 0.3 is 11.7 Å². The molecule has 1 atom stereocenters. The molecule has 0 radical (unpaired) electrons. The summed E-state index contributed by atoms with van der Waals surface area (Å²) in [6, 6.07) is 8.00. The minimum Gasteiger partial charge on any atom is -0.454 e. The molecule has 1 aliphatic heterocycles. The Morgan fingerprint density at radius 3 is 2.76 bits per heavy atom. The monoisotopic (exact) mass is 402 g/mol. The van der Waals surface area contributed by atoms with Gasteiger partial charge in [-0.2, -0.15) is 4.39 Å². The van der Waals surface area contributed by atoms with Gasteiger partial charge in [0.1, 0.15) is 0 Å². The smallest absolute Gasteiger partial charge is 0.331 e. The highest BCUT2D eigenvalue weighted by atomic mass is 19.1. The second-order valence-electron chi connectivity index (χ2n) is 5.94. The van der Waals surface area contributed by atoms with Crippen LogP contribution in [0.4, 0.5) is 15.8 Å². The van der Waals surface area contributed by atoms with E-state index in [9.17, 15) is 24.1 Å². The van der Waals surface area contributed by atoms with Crippen LogP contribution in [-0.4, -0.2) is 29.7 Å². The van der Waals surface area contributed by atoms with Crippen molar-refractivity contribution in [2.75, 3.05) is 12.1 Å². The molecule has 2 aromatic rings. The third-order valence-electron chi connectivity index (χ3n) is 3.88. The molecule has 1 amide bonds. The molecule has 1 heterocycles. The fourth-order valence-corrected chi connectivity index (χ4v) is 2.42. The summed E-state index contributed by atoms with van der Waals surface area (Å²) >= 11 is 0. The summed E-state index contributed by atoms with van der Waals surface area (Å²) < 4.78 is 28.8. The molecule has 3 rings (SSSR count). The minimum atomic E-state index is -1.19. The lowest BCUT2D eigenvalue weighted by Crippen LogP contribution is -2.29. The first kappa shape index (κ1) is 19.8. The van der Waals surface area contributed by atoms with Gasteiger partial charge in [-0.05, 0) is 42.8 Å². The Balaban J connectivity index is 1.57. The molecule has 10 heteroatoms. The van der Waals surface area contributed by atoms with Gasteiger partial charge < -0.3 is 19.5 Å². The second-order valence-corrected chi connectivity index (χ2v) is 5.94. The van der Waals surface area contributed by atoms with Crippen LogP contribution in [0, 0.1) is 15.9 Å². The van der Waals surface area contributed by atoms with E-state index in [4.69, 9.17) is 14.2 Å². The van der Waals surface area contributed by atoms with E-state index < -0.39 is 34.4 Å². The number of ether oxygens (including phenoxy) is 3. The number of carbonyl (C=O) groups excluding carboxylic acids is 2. The third kappa shape index (κ3) is 4.86. The predicted molar refractivity (Wildman–Crippen MR) is 98.8 cm³/mol. The number of esters is 1. The quantitative estimate of drug-likeness (QED) is 0.342. The van der Waals surface area contributed by atoms with E-state index in [1.807, 2.05) is 0 Å². The Bertz CT molecular complexity index is 1010. The minimum absolute atomic E-state index is 0.00176. The van der Waals surface area contributed by atoms with Crippen LogP contribution in [0.2, 0.25) is 0 Å². The predicted octanol–water partition coefficient (Wildman–Crippen LogP) is 3.05. The molecule has 0 saturated carbocycles. The summed E-state index contributed by atoms with van der Waals surface area (Å²) in [7, 11) is 0. The summed E-state index contributed by atoms with van der Waals surface area (Å²) in [5, 5.41) is 13.1. The van der Waals surface area contributed by atoms with Crippen LogP contribution in [0.1, 0.15) is 12.5 Å². The van der Waals surface area contributed by atoms with Gasteiger partial charge in [-0.25, -0.2) is 4.79 Å². The number of amides is 1. The molecular formula is C19H15FN2O7. The molecule has 0 fully saturated rings. The molecule has 0 bridgehead atoms. The van der Waals surface area contributed by atoms with Crippen molar-refractivity contribution in [2.45, 2.75) is 13.0 Å². The van der Waals surface area contributed by atoms with Gasteiger partial charge in [-0.1, -0.05) is 6.07 Å². The lowest BCUT2D eigenvalue weighted by molar-refractivity contribution is -0.387. The number of benzene rings is 2. The zero-order valence-corrected chi connectivity index (χ0v) is 15.1. The molecule has 150 valence electrons. The molecule has 0 aromatic heterocycles. The van der Waals surface area contributed by atoms with Crippen molar-refractivity contribution in [2.24, 2.45) is 0 Å². The number of halogens is 1. The van der Waals surface area contributed by atoms with Gasteiger partial charge in [0.2, 0.25) is 12.6 Å². The second kappa shape index (κ2) is 8.38. The van der Waals surface area contributed by atoms with E-state index >= 15 is 0 Å². The highest BCUT2D eigenvalue weighted by Crippen LogP contribution is 2.32. The van der Waals surface area contributed by atoms with E-state index in [2.05, 4.69) is 5.32 Å². The molecule has 9 nitrogen and oxygen atoms in total. The maximum atomic E-state index is 13.3. The molecule has 2 aromatic carbocycles. The van der Waals surface area contributed by atoms with Gasteiger partial charge in [-0.3, -0.25) is 14.9 Å². The van der Waals surface area contributed by atoms with E-state index in [1.165, 1.54) is 13.0 Å². The van der Waals surface area contributed by atoms with Crippen molar-refractivity contribution >= 4 is 29.3 Å². The number of nitro benzene ring substituents is 1. The van der Waals surface area contributed by atoms with Crippen LogP contribution in [0.15, 0.2) is 42.5 Å². The van der Waals surface area contributed by atoms with Gasteiger partial charge in [-0.15, -0.1) is 0 Å². The molecule has 0 unspecified atom stereocenters. The van der Waals surface area contributed by atoms with Crippen molar-refractivity contribution in [1.29, 1.82) is 0 Å². The van der Waals surface area contributed by atoms with Crippen molar-refractivity contribution in [3.63, 3.8) is 0 Å². The zero-order valence-electron chi connectivity index (χ0n) is 15.1. The number of hydrogen-bond donors (Lipinski definition) is 1. The molecule has 1 aliphatic rings. The van der Waals surface area contributed by atoms with Gasteiger partial charge in [0.05, 0.1) is 4.92 Å². The number of nitro groups is 1. The fraction of sp³-hybridized carbons (Fsp3) is 0.158. The standard InChI is InChI=1S/C19H15FN2O7/c1-11(19(24)21-13-4-5-14(20)15(9-13)22(25)26)29-18(23)7-3-12-2-6-16-17(8-12)28-10-27-16/h2-9,11H,10H2,1H3,(H,21,24)/b7-3+/t11-/m0/s1. The first-order chi connectivity index (χ1) is 13.8. The Morgan fingerprint density at radius 2 is 2.00 bits per heavy atom. The van der Waals surface area contributed by atoms with E-state index in [0.29, 0.717) is 17.1 Å². The first-order valence-corrected chi connectivity index (χ1v) is 8.36. The van der Waals surface area contributed by atoms with Gasteiger partial charge in [0.25, 0.3) is 5.91 Å². The van der Waals surface area contributed by atoms with E-state index in [-0.39, 0.29) is 12.5 Å². The van der Waals surface area contributed by atoms with Crippen molar-refractivity contribution in [1.82, 2.24) is 0 Å². The number of fused-ring (bicyclic) bond motifs is 1. The van der Waals surface area contributed by atoms with Gasteiger partial charge in [0.15, 0.2) is 17.6 Å². The lowest BCUT2D eigenvalue weighted by atomic mass is 10.2. The fourth-order valence-electron chi connectivity index (χ4n) is 2.42. The first-order valence-electron chi connectivity index (χ1n) is 8.36. The number of hydrogen-bond acceptors (Lipinski definition) is 7. The van der Waals surface area contributed by atoms with Crippen LogP contribution < -0.4 is 14.8 Å². The number of nitrogens with zero attached hydrogens (tertiary/aromatic N) is 1. The van der Waals surface area contributed by atoms with Crippen LogP contribution in [-0.2, 0) is 14.3 Å². The number of nitrogens with one attached hydrogen (secondary N) is 1. The Morgan fingerprint density at radius 1 is 1.24 bits per heavy atom. The molecule has 0 spiro atoms. The summed E-state index contributed by atoms with van der Waals surface area (Å²) in [6.07, 6.45) is 1.44. The molecular weight excluding hydrogens is 387 g/mol. The van der Waals surface area contributed by atoms with Crippen LogP contribution in [0.25, 0.3) is 6.08 Å². The SMILES string of the molecule is C[C@H](OC(=O)/C=C/c1ccc2c(c1)OCO2)C(=O)Nc1ccc(F)c([N+](=O)[O-])c1. The zero-order chi connectivity index (χ0) is 21.0. The number of carbonyl (C=O) groups is 2. The van der Waals surface area contributed by atoms with Crippen LogP contribution >= 0.6 is 0 Å². The Kier molecular flexibility index (Phi) is 5.72. The maximum Gasteiger partial charge on any atom is 0.331 e. The number of rotatable bonds is 6. The van der Waals surface area contributed by atoms with Gasteiger partial charge in [0, 0.05) is 17.8 Å². The largest absolute Gasteiger partial charge is 0.454 e. The summed E-state index contributed by atoms with van der Waals surface area (Å²) in [5.74, 6) is -1.36. The van der Waals surface area contributed by atoms with Crippen molar-refractivity contribution in [3.8, 4) is 11.5 Å². The van der Waals surface area contributed by atoms with E-state index in [0.717, 1.165) is 24.3 Å². The van der Waals surface area contributed by atoms with Crippen molar-refractivity contribution < 1.29 is 33.1 Å². The van der Waals surface area contributed by atoms with Crippen LogP contribution in [0.3, 0.4) is 0 Å². The topological polar surface area (TPSA) is 117 Å². The normalized spacial score (nSPS) is 13.2. The van der Waals surface area contributed by atoms with Crippen LogP contribution in [0.5, 0.6) is 11.5 Å². The lowest BCUT2D eigenvalue weighted by Gasteiger charge is -2.12.